The molecule has 6 heteroatoms. The molecule has 1 N–H and O–H groups in total. The third-order valence-electron chi connectivity index (χ3n) is 1.52. The van der Waals surface area contributed by atoms with Gasteiger partial charge in [0.25, 0.3) is 0 Å². The van der Waals surface area contributed by atoms with Gasteiger partial charge >= 0.3 is 6.18 Å². The lowest BCUT2D eigenvalue weighted by molar-refractivity contribution is -0.153. The standard InChI is InChI=1S/C9H7F3O3/c10-9(11,12)5-15-8-3-7(14)2-1-6(8)4-13/h1-4,14H,5H2. The van der Waals surface area contributed by atoms with Crippen LogP contribution in [0.2, 0.25) is 0 Å². The van der Waals surface area contributed by atoms with Gasteiger partial charge in [-0.2, -0.15) is 13.2 Å². The van der Waals surface area contributed by atoms with Crippen molar-refractivity contribution in [1.82, 2.24) is 0 Å². The summed E-state index contributed by atoms with van der Waals surface area (Å²) in [4.78, 5) is 10.4. The van der Waals surface area contributed by atoms with Crippen molar-refractivity contribution in [3.63, 3.8) is 0 Å². The molecule has 0 unspecified atom stereocenters. The molecule has 0 bridgehead atoms. The predicted octanol–water partition coefficient (Wildman–Crippen LogP) is 2.15. The van der Waals surface area contributed by atoms with Gasteiger partial charge in [-0.3, -0.25) is 4.79 Å². The summed E-state index contributed by atoms with van der Waals surface area (Å²) in [6, 6.07) is 3.31. The minimum atomic E-state index is -4.48. The van der Waals surface area contributed by atoms with E-state index in [1.165, 1.54) is 12.1 Å². The highest BCUT2D eigenvalue weighted by atomic mass is 19.4. The average molecular weight is 220 g/mol. The smallest absolute Gasteiger partial charge is 0.422 e. The number of rotatable bonds is 3. The first-order chi connectivity index (χ1) is 6.92. The van der Waals surface area contributed by atoms with Crippen LogP contribution in [0.1, 0.15) is 10.4 Å². The third kappa shape index (κ3) is 3.49. The van der Waals surface area contributed by atoms with E-state index in [0.29, 0.717) is 6.29 Å². The summed E-state index contributed by atoms with van der Waals surface area (Å²) in [5, 5.41) is 8.99. The lowest BCUT2D eigenvalue weighted by Gasteiger charge is -2.10. The zero-order valence-electron chi connectivity index (χ0n) is 7.41. The van der Waals surface area contributed by atoms with Gasteiger partial charge < -0.3 is 9.84 Å². The molecule has 0 atom stereocenters. The summed E-state index contributed by atoms with van der Waals surface area (Å²) in [5.41, 5.74) is -0.0444. The quantitative estimate of drug-likeness (QED) is 0.794. The van der Waals surface area contributed by atoms with Gasteiger partial charge in [-0.15, -0.1) is 0 Å². The van der Waals surface area contributed by atoms with Crippen LogP contribution in [-0.2, 0) is 0 Å². The zero-order chi connectivity index (χ0) is 11.5. The van der Waals surface area contributed by atoms with E-state index < -0.39 is 12.8 Å². The number of aromatic hydroxyl groups is 1. The summed E-state index contributed by atoms with van der Waals surface area (Å²) in [6.07, 6.45) is -4.13. The van der Waals surface area contributed by atoms with Crippen molar-refractivity contribution in [2.24, 2.45) is 0 Å². The molecule has 1 aromatic rings. The van der Waals surface area contributed by atoms with Crippen LogP contribution < -0.4 is 4.74 Å². The topological polar surface area (TPSA) is 46.5 Å². The molecule has 1 aromatic carbocycles. The van der Waals surface area contributed by atoms with Crippen LogP contribution in [0.25, 0.3) is 0 Å². The van der Waals surface area contributed by atoms with E-state index in [9.17, 15) is 18.0 Å². The van der Waals surface area contributed by atoms with Crippen LogP contribution in [0.15, 0.2) is 18.2 Å². The first-order valence-corrected chi connectivity index (χ1v) is 3.90. The Hall–Kier alpha value is -1.72. The molecule has 0 spiro atoms. The number of hydrogen-bond acceptors (Lipinski definition) is 3. The van der Waals surface area contributed by atoms with E-state index in [1.807, 2.05) is 0 Å². The molecular formula is C9H7F3O3. The highest BCUT2D eigenvalue weighted by Gasteiger charge is 2.28. The van der Waals surface area contributed by atoms with Gasteiger partial charge in [0.1, 0.15) is 11.5 Å². The van der Waals surface area contributed by atoms with Gasteiger partial charge in [-0.05, 0) is 12.1 Å². The summed E-state index contributed by atoms with van der Waals surface area (Å²) in [7, 11) is 0. The summed E-state index contributed by atoms with van der Waals surface area (Å²) < 4.78 is 39.8. The Balaban J connectivity index is 2.83. The van der Waals surface area contributed by atoms with Crippen molar-refractivity contribution in [3.05, 3.63) is 23.8 Å². The van der Waals surface area contributed by atoms with Gasteiger partial charge in [0.2, 0.25) is 0 Å². The minimum absolute atomic E-state index is 0.0444. The van der Waals surface area contributed by atoms with E-state index in [1.54, 1.807) is 0 Å². The molecular weight excluding hydrogens is 213 g/mol. The highest BCUT2D eigenvalue weighted by Crippen LogP contribution is 2.25. The highest BCUT2D eigenvalue weighted by molar-refractivity contribution is 5.79. The number of carbonyl (C=O) groups is 1. The van der Waals surface area contributed by atoms with Crippen LogP contribution in [0.5, 0.6) is 11.5 Å². The lowest BCUT2D eigenvalue weighted by atomic mass is 10.2. The molecule has 0 aliphatic heterocycles. The van der Waals surface area contributed by atoms with Crippen LogP contribution in [0.3, 0.4) is 0 Å². The van der Waals surface area contributed by atoms with E-state index >= 15 is 0 Å². The van der Waals surface area contributed by atoms with Crippen molar-refractivity contribution in [1.29, 1.82) is 0 Å². The minimum Gasteiger partial charge on any atom is -0.508 e. The second kappa shape index (κ2) is 4.20. The van der Waals surface area contributed by atoms with Crippen molar-refractivity contribution < 1.29 is 27.8 Å². The molecule has 82 valence electrons. The molecule has 0 fully saturated rings. The number of ether oxygens (including phenoxy) is 1. The van der Waals surface area contributed by atoms with Crippen molar-refractivity contribution in [3.8, 4) is 11.5 Å². The number of halogens is 3. The summed E-state index contributed by atoms with van der Waals surface area (Å²) in [6.45, 7) is -1.50. The van der Waals surface area contributed by atoms with Crippen molar-refractivity contribution >= 4 is 6.29 Å². The molecule has 1 rings (SSSR count). The Labute approximate surface area is 83.1 Å². The number of benzene rings is 1. The number of carbonyl (C=O) groups excluding carboxylic acids is 1. The Morgan fingerprint density at radius 3 is 2.60 bits per heavy atom. The van der Waals surface area contributed by atoms with Gasteiger partial charge in [0.05, 0.1) is 5.56 Å². The van der Waals surface area contributed by atoms with Crippen LogP contribution in [0, 0.1) is 0 Å². The number of phenols is 1. The molecule has 15 heavy (non-hydrogen) atoms. The van der Waals surface area contributed by atoms with Gasteiger partial charge in [-0.1, -0.05) is 0 Å². The number of phenolic OH excluding ortho intramolecular Hbond substituents is 1. The molecule has 0 aliphatic carbocycles. The molecule has 0 saturated heterocycles. The Bertz CT molecular complexity index is 360. The third-order valence-corrected chi connectivity index (χ3v) is 1.52. The first kappa shape index (κ1) is 11.4. The van der Waals surface area contributed by atoms with E-state index in [0.717, 1.165) is 6.07 Å². The van der Waals surface area contributed by atoms with Crippen LogP contribution in [0.4, 0.5) is 13.2 Å². The Kier molecular flexibility index (Phi) is 3.18. The van der Waals surface area contributed by atoms with Crippen LogP contribution in [-0.4, -0.2) is 24.2 Å². The normalized spacial score (nSPS) is 11.1. The maximum absolute atomic E-state index is 11.8. The van der Waals surface area contributed by atoms with E-state index in [4.69, 9.17) is 5.11 Å². The predicted molar refractivity (Wildman–Crippen MR) is 45.0 cm³/mol. The molecule has 0 amide bonds. The SMILES string of the molecule is O=Cc1ccc(O)cc1OCC(F)(F)F. The average Bonchev–Trinajstić information content (AvgIpc) is 2.14. The molecule has 0 radical (unpaired) electrons. The monoisotopic (exact) mass is 220 g/mol. The maximum atomic E-state index is 11.8. The first-order valence-electron chi connectivity index (χ1n) is 3.90. The summed E-state index contributed by atoms with van der Waals surface area (Å²) in [5.74, 6) is -0.555. The van der Waals surface area contributed by atoms with Crippen molar-refractivity contribution in [2.75, 3.05) is 6.61 Å². The van der Waals surface area contributed by atoms with E-state index in [-0.39, 0.29) is 17.1 Å². The zero-order valence-corrected chi connectivity index (χ0v) is 7.41. The van der Waals surface area contributed by atoms with E-state index in [2.05, 4.69) is 4.74 Å². The Morgan fingerprint density at radius 1 is 1.40 bits per heavy atom. The molecule has 0 heterocycles. The van der Waals surface area contributed by atoms with Crippen molar-refractivity contribution in [2.45, 2.75) is 6.18 Å². The second-order valence-corrected chi connectivity index (χ2v) is 2.74. The fourth-order valence-electron chi connectivity index (χ4n) is 0.905. The largest absolute Gasteiger partial charge is 0.508 e. The molecule has 0 saturated carbocycles. The lowest BCUT2D eigenvalue weighted by Crippen LogP contribution is -2.19. The Morgan fingerprint density at radius 2 is 2.07 bits per heavy atom. The maximum Gasteiger partial charge on any atom is 0.422 e. The fraction of sp³-hybridized carbons (Fsp3) is 0.222. The molecule has 3 nitrogen and oxygen atoms in total. The number of hydrogen-bond donors (Lipinski definition) is 1. The number of alkyl halides is 3. The van der Waals surface area contributed by atoms with Gasteiger partial charge in [0.15, 0.2) is 12.9 Å². The van der Waals surface area contributed by atoms with Crippen LogP contribution >= 0.6 is 0 Å². The van der Waals surface area contributed by atoms with Gasteiger partial charge in [0, 0.05) is 6.07 Å². The summed E-state index contributed by atoms with van der Waals surface area (Å²) >= 11 is 0. The number of aldehydes is 1. The molecule has 0 aromatic heterocycles. The molecule has 0 aliphatic rings. The second-order valence-electron chi connectivity index (χ2n) is 2.74. The fourth-order valence-corrected chi connectivity index (χ4v) is 0.905. The van der Waals surface area contributed by atoms with Gasteiger partial charge in [-0.25, -0.2) is 0 Å².